The van der Waals surface area contributed by atoms with E-state index in [4.69, 9.17) is 9.47 Å². The first-order valence-electron chi connectivity index (χ1n) is 9.07. The Morgan fingerprint density at radius 2 is 1.85 bits per heavy atom. The highest BCUT2D eigenvalue weighted by Crippen LogP contribution is 2.30. The summed E-state index contributed by atoms with van der Waals surface area (Å²) in [6.45, 7) is 2.71. The highest BCUT2D eigenvalue weighted by Gasteiger charge is 2.22. The van der Waals surface area contributed by atoms with Crippen LogP contribution in [0.15, 0.2) is 48.5 Å². The Kier molecular flexibility index (Phi) is 6.47. The first kappa shape index (κ1) is 18.7. The van der Waals surface area contributed by atoms with Crippen LogP contribution in [0.5, 0.6) is 11.5 Å². The molecule has 1 aliphatic rings. The number of rotatable bonds is 7. The predicted octanol–water partition coefficient (Wildman–Crippen LogP) is 3.45. The summed E-state index contributed by atoms with van der Waals surface area (Å²) in [5.41, 5.74) is 1.32. The van der Waals surface area contributed by atoms with Gasteiger partial charge in [0.2, 0.25) is 0 Å². The van der Waals surface area contributed by atoms with Crippen molar-refractivity contribution >= 4 is 0 Å². The number of likely N-dealkylation sites (tertiary alicyclic amines) is 1. The van der Waals surface area contributed by atoms with Crippen LogP contribution in [0, 0.1) is 5.82 Å². The lowest BCUT2D eigenvalue weighted by molar-refractivity contribution is 0.0594. The number of benzene rings is 2. The summed E-state index contributed by atoms with van der Waals surface area (Å²) in [6, 6.07) is 14.1. The van der Waals surface area contributed by atoms with Crippen molar-refractivity contribution in [2.75, 3.05) is 33.4 Å². The highest BCUT2D eigenvalue weighted by molar-refractivity contribution is 5.31. The molecule has 1 fully saturated rings. The van der Waals surface area contributed by atoms with E-state index in [2.05, 4.69) is 17.0 Å². The highest BCUT2D eigenvalue weighted by atomic mass is 19.1. The van der Waals surface area contributed by atoms with Crippen molar-refractivity contribution in [3.63, 3.8) is 0 Å². The second-order valence-electron chi connectivity index (χ2n) is 6.77. The topological polar surface area (TPSA) is 41.9 Å². The van der Waals surface area contributed by atoms with Crippen LogP contribution < -0.4 is 9.47 Å². The average molecular weight is 359 g/mol. The fourth-order valence-electron chi connectivity index (χ4n) is 3.42. The van der Waals surface area contributed by atoms with E-state index in [0.29, 0.717) is 18.2 Å². The van der Waals surface area contributed by atoms with Gasteiger partial charge in [0.25, 0.3) is 0 Å². The Morgan fingerprint density at radius 1 is 1.12 bits per heavy atom. The van der Waals surface area contributed by atoms with Crippen molar-refractivity contribution in [1.82, 2.24) is 4.90 Å². The molecule has 0 radical (unpaired) electrons. The van der Waals surface area contributed by atoms with Crippen LogP contribution in [0.3, 0.4) is 0 Å². The molecule has 0 amide bonds. The third-order valence-corrected chi connectivity index (χ3v) is 4.88. The molecule has 140 valence electrons. The van der Waals surface area contributed by atoms with Gasteiger partial charge in [-0.05, 0) is 73.8 Å². The number of hydrogen-bond acceptors (Lipinski definition) is 4. The lowest BCUT2D eigenvalue weighted by atomic mass is 9.89. The first-order valence-corrected chi connectivity index (χ1v) is 9.07. The maximum Gasteiger partial charge on any atom is 0.123 e. The van der Waals surface area contributed by atoms with Crippen molar-refractivity contribution in [2.24, 2.45) is 0 Å². The fourth-order valence-corrected chi connectivity index (χ4v) is 3.42. The van der Waals surface area contributed by atoms with Gasteiger partial charge in [-0.2, -0.15) is 0 Å². The third kappa shape index (κ3) is 5.19. The summed E-state index contributed by atoms with van der Waals surface area (Å²) in [5, 5.41) is 10.2. The van der Waals surface area contributed by atoms with Gasteiger partial charge in [0, 0.05) is 6.54 Å². The molecule has 4 nitrogen and oxygen atoms in total. The molecule has 26 heavy (non-hydrogen) atoms. The Morgan fingerprint density at radius 3 is 2.54 bits per heavy atom. The second-order valence-corrected chi connectivity index (χ2v) is 6.77. The van der Waals surface area contributed by atoms with Crippen LogP contribution in [0.25, 0.3) is 0 Å². The van der Waals surface area contributed by atoms with E-state index in [9.17, 15) is 9.50 Å². The van der Waals surface area contributed by atoms with E-state index in [1.807, 2.05) is 12.1 Å². The Labute approximate surface area is 154 Å². The molecule has 0 bridgehead atoms. The number of nitrogens with zero attached hydrogens (tertiary/aromatic N) is 1. The van der Waals surface area contributed by atoms with Crippen molar-refractivity contribution in [2.45, 2.75) is 24.9 Å². The zero-order chi connectivity index (χ0) is 18.4. The molecule has 2 aromatic rings. The van der Waals surface area contributed by atoms with Crippen LogP contribution in [0.1, 0.15) is 24.3 Å². The van der Waals surface area contributed by atoms with Gasteiger partial charge in [-0.1, -0.05) is 12.1 Å². The van der Waals surface area contributed by atoms with Gasteiger partial charge in [0.1, 0.15) is 30.0 Å². The molecule has 1 heterocycles. The molecule has 0 unspecified atom stereocenters. The molecule has 1 saturated heterocycles. The fraction of sp³-hybridized carbons (Fsp3) is 0.429. The van der Waals surface area contributed by atoms with Gasteiger partial charge in [0.05, 0.1) is 7.11 Å². The quantitative estimate of drug-likeness (QED) is 0.822. The van der Waals surface area contributed by atoms with Gasteiger partial charge in [-0.3, -0.25) is 0 Å². The number of methoxy groups -OCH3 is 1. The van der Waals surface area contributed by atoms with E-state index in [0.717, 1.165) is 31.7 Å². The zero-order valence-corrected chi connectivity index (χ0v) is 15.1. The summed E-state index contributed by atoms with van der Waals surface area (Å²) < 4.78 is 23.7. The molecule has 1 atom stereocenters. The Hall–Kier alpha value is -2.11. The number of aliphatic hydroxyl groups excluding tert-OH is 1. The maximum absolute atomic E-state index is 12.9. The molecule has 3 rings (SSSR count). The normalized spacial score (nSPS) is 17.0. The number of hydrogen-bond donors (Lipinski definition) is 1. The van der Waals surface area contributed by atoms with Crippen LogP contribution >= 0.6 is 0 Å². The number of piperidine rings is 1. The van der Waals surface area contributed by atoms with E-state index in [1.165, 1.54) is 17.7 Å². The van der Waals surface area contributed by atoms with E-state index < -0.39 is 6.10 Å². The van der Waals surface area contributed by atoms with Gasteiger partial charge in [-0.15, -0.1) is 0 Å². The smallest absolute Gasteiger partial charge is 0.123 e. The SMILES string of the molecule is COc1cccc(C2CCN(C[C@H](O)COc3ccc(F)cc3)CC2)c1. The van der Waals surface area contributed by atoms with E-state index in [1.54, 1.807) is 19.2 Å². The van der Waals surface area contributed by atoms with Crippen LogP contribution in [0.2, 0.25) is 0 Å². The van der Waals surface area contributed by atoms with E-state index >= 15 is 0 Å². The van der Waals surface area contributed by atoms with Crippen molar-refractivity contribution in [1.29, 1.82) is 0 Å². The van der Waals surface area contributed by atoms with Crippen molar-refractivity contribution in [3.8, 4) is 11.5 Å². The molecule has 2 aromatic carbocycles. The summed E-state index contributed by atoms with van der Waals surface area (Å²) in [6.07, 6.45) is 1.57. The molecule has 0 aromatic heterocycles. The average Bonchev–Trinajstić information content (AvgIpc) is 2.68. The summed E-state index contributed by atoms with van der Waals surface area (Å²) in [5.74, 6) is 1.71. The standard InChI is InChI=1S/C21H26FNO3/c1-25-21-4-2-3-17(13-21)16-9-11-23(12-10-16)14-19(24)15-26-20-7-5-18(22)6-8-20/h2-8,13,16,19,24H,9-12,14-15H2,1H3/t19-/m0/s1. The second kappa shape index (κ2) is 9.01. The molecule has 0 aliphatic carbocycles. The molecule has 1 aliphatic heterocycles. The molecular formula is C21H26FNO3. The molecule has 5 heteroatoms. The Bertz CT molecular complexity index is 684. The molecule has 1 N–H and O–H groups in total. The van der Waals surface area contributed by atoms with Crippen molar-refractivity contribution in [3.05, 3.63) is 59.9 Å². The summed E-state index contributed by atoms with van der Waals surface area (Å²) in [4.78, 5) is 2.27. The maximum atomic E-state index is 12.9. The van der Waals surface area contributed by atoms with Gasteiger partial charge >= 0.3 is 0 Å². The van der Waals surface area contributed by atoms with Gasteiger partial charge < -0.3 is 19.5 Å². The van der Waals surface area contributed by atoms with Crippen LogP contribution in [-0.2, 0) is 0 Å². The first-order chi connectivity index (χ1) is 12.6. The number of halogens is 1. The monoisotopic (exact) mass is 359 g/mol. The molecular weight excluding hydrogens is 333 g/mol. The Balaban J connectivity index is 1.42. The minimum atomic E-state index is -0.562. The van der Waals surface area contributed by atoms with Crippen LogP contribution in [-0.4, -0.2) is 49.5 Å². The van der Waals surface area contributed by atoms with Crippen molar-refractivity contribution < 1.29 is 19.0 Å². The molecule has 0 saturated carbocycles. The summed E-state index contributed by atoms with van der Waals surface area (Å²) in [7, 11) is 1.69. The predicted molar refractivity (Wildman–Crippen MR) is 99.3 cm³/mol. The minimum absolute atomic E-state index is 0.210. The number of aliphatic hydroxyl groups is 1. The minimum Gasteiger partial charge on any atom is -0.497 e. The van der Waals surface area contributed by atoms with Gasteiger partial charge in [0.15, 0.2) is 0 Å². The summed E-state index contributed by atoms with van der Waals surface area (Å²) >= 11 is 0. The largest absolute Gasteiger partial charge is 0.497 e. The number of β-amino-alcohol motifs (C(OH)–C–C–N with tert-alkyl or cyclic N) is 1. The third-order valence-electron chi connectivity index (χ3n) is 4.88. The van der Waals surface area contributed by atoms with E-state index in [-0.39, 0.29) is 12.4 Å². The lowest BCUT2D eigenvalue weighted by Gasteiger charge is -2.33. The molecule has 0 spiro atoms. The number of ether oxygens (including phenoxy) is 2. The lowest BCUT2D eigenvalue weighted by Crippen LogP contribution is -2.40. The van der Waals surface area contributed by atoms with Gasteiger partial charge in [-0.25, -0.2) is 4.39 Å². The zero-order valence-electron chi connectivity index (χ0n) is 15.1. The van der Waals surface area contributed by atoms with Crippen LogP contribution in [0.4, 0.5) is 4.39 Å².